The van der Waals surface area contributed by atoms with Crippen molar-refractivity contribution in [1.82, 2.24) is 0 Å². The van der Waals surface area contributed by atoms with Gasteiger partial charge in [-0.05, 0) is 91.6 Å². The van der Waals surface area contributed by atoms with Crippen LogP contribution in [-0.2, 0) is 5.41 Å². The van der Waals surface area contributed by atoms with Gasteiger partial charge in [0.05, 0.1) is 5.69 Å². The van der Waals surface area contributed by atoms with Crippen LogP contribution < -0.4 is 4.90 Å². The first kappa shape index (κ1) is 23.0. The summed E-state index contributed by atoms with van der Waals surface area (Å²) in [4.78, 5) is 2.36. The van der Waals surface area contributed by atoms with Crippen LogP contribution in [0.25, 0.3) is 43.4 Å². The molecule has 1 aliphatic rings. The Morgan fingerprint density at radius 2 is 1.10 bits per heavy atom. The summed E-state index contributed by atoms with van der Waals surface area (Å²) in [6.45, 7) is 4.73. The van der Waals surface area contributed by atoms with Gasteiger partial charge in [-0.3, -0.25) is 0 Å². The van der Waals surface area contributed by atoms with Crippen LogP contribution in [0.2, 0.25) is 0 Å². The Kier molecular flexibility index (Phi) is 4.93. The van der Waals surface area contributed by atoms with Gasteiger partial charge >= 0.3 is 0 Å². The summed E-state index contributed by atoms with van der Waals surface area (Å²) in [6, 6.07) is 51.0. The molecule has 1 nitrogen and oxygen atoms in total. The van der Waals surface area contributed by atoms with E-state index in [9.17, 15) is 0 Å². The second kappa shape index (κ2) is 8.56. The Morgan fingerprint density at radius 3 is 1.95 bits per heavy atom. The summed E-state index contributed by atoms with van der Waals surface area (Å²) in [5.74, 6) is 0. The third-order valence-corrected chi connectivity index (χ3v) is 8.79. The number of nitrogens with zero attached hydrogens (tertiary/aromatic N) is 1. The van der Waals surface area contributed by atoms with Crippen molar-refractivity contribution in [3.05, 3.63) is 151 Å². The van der Waals surface area contributed by atoms with Crippen molar-refractivity contribution in [2.24, 2.45) is 0 Å². The fourth-order valence-corrected chi connectivity index (χ4v) is 6.78. The fraction of sp³-hybridized carbons (Fsp3) is 0.0769. The predicted molar refractivity (Wildman–Crippen MR) is 171 cm³/mol. The van der Waals surface area contributed by atoms with Crippen LogP contribution in [0.3, 0.4) is 0 Å². The number of rotatable bonds is 4. The summed E-state index contributed by atoms with van der Waals surface area (Å²) in [5, 5.41) is 7.99. The third kappa shape index (κ3) is 3.34. The number of hydrogen-bond acceptors (Lipinski definition) is 1. The minimum atomic E-state index is -0.0180. The molecule has 7 aromatic carbocycles. The Balaban J connectivity index is 1.26. The van der Waals surface area contributed by atoms with Gasteiger partial charge in [-0.1, -0.05) is 111 Å². The quantitative estimate of drug-likeness (QED) is 0.212. The van der Waals surface area contributed by atoms with Gasteiger partial charge in [0.2, 0.25) is 0 Å². The molecule has 1 aliphatic carbocycles. The van der Waals surface area contributed by atoms with Gasteiger partial charge in [0.1, 0.15) is 0 Å². The van der Waals surface area contributed by atoms with E-state index in [2.05, 4.69) is 158 Å². The zero-order chi connectivity index (χ0) is 26.8. The second-order valence-electron chi connectivity index (χ2n) is 11.4. The molecule has 7 aromatic rings. The Labute approximate surface area is 234 Å². The van der Waals surface area contributed by atoms with E-state index in [1.165, 1.54) is 60.3 Å². The van der Waals surface area contributed by atoms with Gasteiger partial charge in [-0.15, -0.1) is 0 Å². The van der Waals surface area contributed by atoms with Crippen molar-refractivity contribution in [1.29, 1.82) is 0 Å². The lowest BCUT2D eigenvalue weighted by Crippen LogP contribution is -2.15. The van der Waals surface area contributed by atoms with E-state index < -0.39 is 0 Å². The van der Waals surface area contributed by atoms with Gasteiger partial charge < -0.3 is 4.90 Å². The van der Waals surface area contributed by atoms with Crippen molar-refractivity contribution < 1.29 is 0 Å². The third-order valence-electron chi connectivity index (χ3n) is 8.79. The summed E-state index contributed by atoms with van der Waals surface area (Å²) in [7, 11) is 0. The molecule has 0 N–H and O–H groups in total. The van der Waals surface area contributed by atoms with Crippen LogP contribution in [0.5, 0.6) is 0 Å². The molecule has 0 saturated carbocycles. The average molecular weight is 512 g/mol. The minimum Gasteiger partial charge on any atom is -0.310 e. The Morgan fingerprint density at radius 1 is 0.450 bits per heavy atom. The number of anilines is 3. The lowest BCUT2D eigenvalue weighted by molar-refractivity contribution is 0.663. The normalized spacial score (nSPS) is 13.4. The van der Waals surface area contributed by atoms with Crippen LogP contribution in [0.1, 0.15) is 25.0 Å². The lowest BCUT2D eigenvalue weighted by Gasteiger charge is -2.27. The van der Waals surface area contributed by atoms with Crippen LogP contribution >= 0.6 is 0 Å². The monoisotopic (exact) mass is 511 g/mol. The van der Waals surface area contributed by atoms with Crippen LogP contribution in [0.15, 0.2) is 140 Å². The van der Waals surface area contributed by atoms with Gasteiger partial charge in [0.25, 0.3) is 0 Å². The smallest absolute Gasteiger partial charge is 0.0540 e. The number of hydrogen-bond donors (Lipinski definition) is 0. The molecule has 40 heavy (non-hydrogen) atoms. The molecule has 0 amide bonds. The summed E-state index contributed by atoms with van der Waals surface area (Å²) < 4.78 is 0. The molecule has 0 fully saturated rings. The van der Waals surface area contributed by atoms with E-state index in [0.717, 1.165) is 11.4 Å². The SMILES string of the molecule is CC1(C)c2cccc3ccc4cc(-c5ccc(N(c6ccccc6)c6cccc7ccccc67)cc5)cc1c4c23. The second-order valence-corrected chi connectivity index (χ2v) is 11.4. The average Bonchev–Trinajstić information content (AvgIpc) is 3.24. The van der Waals surface area contributed by atoms with Gasteiger partial charge in [-0.2, -0.15) is 0 Å². The van der Waals surface area contributed by atoms with E-state index in [1.807, 2.05) is 0 Å². The number of fused-ring (bicyclic) bond motifs is 1. The molecule has 0 saturated heterocycles. The maximum Gasteiger partial charge on any atom is 0.0540 e. The summed E-state index contributed by atoms with van der Waals surface area (Å²) in [6.07, 6.45) is 0. The zero-order valence-electron chi connectivity index (χ0n) is 22.7. The molecular weight excluding hydrogens is 482 g/mol. The van der Waals surface area contributed by atoms with E-state index >= 15 is 0 Å². The maximum absolute atomic E-state index is 2.43. The molecule has 0 unspecified atom stereocenters. The van der Waals surface area contributed by atoms with E-state index in [0.29, 0.717) is 0 Å². The molecule has 0 bridgehead atoms. The number of benzene rings is 7. The largest absolute Gasteiger partial charge is 0.310 e. The molecule has 0 aliphatic heterocycles. The molecule has 8 rings (SSSR count). The van der Waals surface area contributed by atoms with Crippen LogP contribution in [0, 0.1) is 0 Å². The van der Waals surface area contributed by atoms with Crippen LogP contribution in [-0.4, -0.2) is 0 Å². The topological polar surface area (TPSA) is 3.24 Å². The van der Waals surface area contributed by atoms with Crippen molar-refractivity contribution in [3.8, 4) is 11.1 Å². The van der Waals surface area contributed by atoms with E-state index in [4.69, 9.17) is 0 Å². The van der Waals surface area contributed by atoms with Crippen LogP contribution in [0.4, 0.5) is 17.1 Å². The Hall–Kier alpha value is -4.88. The van der Waals surface area contributed by atoms with Gasteiger partial charge in [0.15, 0.2) is 0 Å². The molecule has 0 spiro atoms. The first-order valence-electron chi connectivity index (χ1n) is 14.0. The lowest BCUT2D eigenvalue weighted by atomic mass is 9.81. The highest BCUT2D eigenvalue weighted by Gasteiger charge is 2.34. The molecule has 0 heterocycles. The van der Waals surface area contributed by atoms with Crippen molar-refractivity contribution in [2.75, 3.05) is 4.90 Å². The number of para-hydroxylation sites is 1. The molecular formula is C39H29N. The summed E-state index contributed by atoms with van der Waals surface area (Å²) in [5.41, 5.74) is 8.82. The first-order chi connectivity index (χ1) is 19.6. The van der Waals surface area contributed by atoms with Crippen molar-refractivity contribution in [2.45, 2.75) is 19.3 Å². The predicted octanol–water partition coefficient (Wildman–Crippen LogP) is 10.9. The summed E-state index contributed by atoms with van der Waals surface area (Å²) >= 11 is 0. The molecule has 1 heteroatoms. The van der Waals surface area contributed by atoms with E-state index in [-0.39, 0.29) is 5.41 Å². The van der Waals surface area contributed by atoms with Crippen molar-refractivity contribution in [3.63, 3.8) is 0 Å². The Bertz CT molecular complexity index is 2060. The molecule has 190 valence electrons. The van der Waals surface area contributed by atoms with Gasteiger partial charge in [0, 0.05) is 22.2 Å². The highest BCUT2D eigenvalue weighted by atomic mass is 15.1. The molecule has 0 atom stereocenters. The highest BCUT2D eigenvalue weighted by molar-refractivity contribution is 6.15. The highest BCUT2D eigenvalue weighted by Crippen LogP contribution is 2.50. The zero-order valence-corrected chi connectivity index (χ0v) is 22.7. The van der Waals surface area contributed by atoms with Crippen molar-refractivity contribution >= 4 is 49.4 Å². The fourth-order valence-electron chi connectivity index (χ4n) is 6.78. The maximum atomic E-state index is 2.43. The van der Waals surface area contributed by atoms with E-state index in [1.54, 1.807) is 0 Å². The minimum absolute atomic E-state index is 0.0180. The first-order valence-corrected chi connectivity index (χ1v) is 14.0. The molecule has 0 aromatic heterocycles. The molecule has 0 radical (unpaired) electrons. The standard InChI is InChI=1S/C39H29N/c1-39(2)34-16-8-12-28-18-19-29-24-30(25-35(39)38(29)37(28)34)26-20-22-32(23-21-26)40(31-13-4-3-5-14-31)36-17-9-11-27-10-6-7-15-33(27)36/h3-25H,1-2H3. The van der Waals surface area contributed by atoms with Gasteiger partial charge in [-0.25, -0.2) is 0 Å².